The van der Waals surface area contributed by atoms with E-state index in [1.165, 1.54) is 0 Å². The fraction of sp³-hybridized carbons (Fsp3) is 0.304. The van der Waals surface area contributed by atoms with E-state index in [2.05, 4.69) is 14.9 Å². The largest absolute Gasteiger partial charge is 0.452 e. The number of aromatic nitrogens is 2. The molecule has 30 heavy (non-hydrogen) atoms. The third kappa shape index (κ3) is 4.25. The second-order valence-electron chi connectivity index (χ2n) is 7.45. The lowest BCUT2D eigenvalue weighted by atomic mass is 10.1. The minimum Gasteiger partial charge on any atom is -0.452 e. The Bertz CT molecular complexity index is 1080. The molecule has 2 aromatic heterocycles. The molecule has 0 radical (unpaired) electrons. The van der Waals surface area contributed by atoms with E-state index in [0.717, 1.165) is 22.3 Å². The van der Waals surface area contributed by atoms with Gasteiger partial charge in [0.05, 0.1) is 16.8 Å². The van der Waals surface area contributed by atoms with Crippen LogP contribution in [-0.2, 0) is 9.53 Å². The Morgan fingerprint density at radius 1 is 1.03 bits per heavy atom. The molecular weight excluding hydrogens is 380 g/mol. The number of pyridine rings is 2. The summed E-state index contributed by atoms with van der Waals surface area (Å²) in [6.45, 7) is 6.03. The predicted molar refractivity (Wildman–Crippen MR) is 115 cm³/mol. The number of nitrogens with zero attached hydrogens (tertiary/aromatic N) is 4. The highest BCUT2D eigenvalue weighted by atomic mass is 16.5. The first-order valence-corrected chi connectivity index (χ1v) is 10.00. The second-order valence-corrected chi connectivity index (χ2v) is 7.45. The number of hydrogen-bond donors (Lipinski definition) is 0. The average molecular weight is 404 g/mol. The van der Waals surface area contributed by atoms with E-state index in [1.54, 1.807) is 24.1 Å². The van der Waals surface area contributed by atoms with Crippen molar-refractivity contribution in [2.75, 3.05) is 37.7 Å². The van der Waals surface area contributed by atoms with Crippen LogP contribution in [-0.4, -0.2) is 59.5 Å². The summed E-state index contributed by atoms with van der Waals surface area (Å²) in [4.78, 5) is 37.8. The van der Waals surface area contributed by atoms with Crippen LogP contribution in [0.3, 0.4) is 0 Å². The molecule has 1 aliphatic rings. The van der Waals surface area contributed by atoms with Gasteiger partial charge < -0.3 is 14.5 Å². The van der Waals surface area contributed by atoms with Crippen molar-refractivity contribution < 1.29 is 14.3 Å². The van der Waals surface area contributed by atoms with E-state index in [9.17, 15) is 9.59 Å². The van der Waals surface area contributed by atoms with E-state index in [0.29, 0.717) is 37.4 Å². The lowest BCUT2D eigenvalue weighted by Crippen LogP contribution is -2.50. The summed E-state index contributed by atoms with van der Waals surface area (Å²) in [6, 6.07) is 13.5. The quantitative estimate of drug-likeness (QED) is 0.623. The standard InChI is InChI=1S/C23H24N4O3/c1-16-6-7-20-18(13-16)14-19(17(2)25-20)23(29)30-15-22(28)27-11-9-26(10-12-27)21-5-3-4-8-24-21/h3-8,13-14H,9-12,15H2,1-2H3. The zero-order valence-corrected chi connectivity index (χ0v) is 17.2. The zero-order valence-electron chi connectivity index (χ0n) is 17.2. The average Bonchev–Trinajstić information content (AvgIpc) is 2.77. The molecule has 0 saturated carbocycles. The molecule has 0 atom stereocenters. The van der Waals surface area contributed by atoms with Gasteiger partial charge in [0.1, 0.15) is 5.82 Å². The van der Waals surface area contributed by atoms with Crippen LogP contribution in [0.25, 0.3) is 10.9 Å². The number of aryl methyl sites for hydroxylation is 2. The second kappa shape index (κ2) is 8.49. The number of rotatable bonds is 4. The van der Waals surface area contributed by atoms with Gasteiger partial charge in [-0.05, 0) is 44.2 Å². The van der Waals surface area contributed by atoms with Gasteiger partial charge in [-0.1, -0.05) is 17.7 Å². The predicted octanol–water partition coefficient (Wildman–Crippen LogP) is 2.75. The minimum absolute atomic E-state index is 0.189. The van der Waals surface area contributed by atoms with Crippen molar-refractivity contribution in [2.24, 2.45) is 0 Å². The van der Waals surface area contributed by atoms with Crippen LogP contribution in [0, 0.1) is 13.8 Å². The maximum atomic E-state index is 12.6. The smallest absolute Gasteiger partial charge is 0.340 e. The summed E-state index contributed by atoms with van der Waals surface area (Å²) < 4.78 is 5.32. The van der Waals surface area contributed by atoms with Crippen molar-refractivity contribution in [2.45, 2.75) is 13.8 Å². The van der Waals surface area contributed by atoms with Crippen LogP contribution in [0.5, 0.6) is 0 Å². The summed E-state index contributed by atoms with van der Waals surface area (Å²) in [5, 5.41) is 0.879. The molecule has 3 heterocycles. The highest BCUT2D eigenvalue weighted by molar-refractivity contribution is 5.96. The van der Waals surface area contributed by atoms with Crippen LogP contribution >= 0.6 is 0 Å². The molecule has 7 nitrogen and oxygen atoms in total. The molecule has 0 bridgehead atoms. The van der Waals surface area contributed by atoms with Gasteiger partial charge in [-0.25, -0.2) is 9.78 Å². The van der Waals surface area contributed by atoms with Gasteiger partial charge in [0.25, 0.3) is 5.91 Å². The van der Waals surface area contributed by atoms with Gasteiger partial charge in [-0.15, -0.1) is 0 Å². The number of ether oxygens (including phenoxy) is 1. The lowest BCUT2D eigenvalue weighted by molar-refractivity contribution is -0.134. The van der Waals surface area contributed by atoms with Crippen molar-refractivity contribution in [3.63, 3.8) is 0 Å². The van der Waals surface area contributed by atoms with E-state index >= 15 is 0 Å². The molecule has 0 spiro atoms. The highest BCUT2D eigenvalue weighted by Crippen LogP contribution is 2.19. The fourth-order valence-corrected chi connectivity index (χ4v) is 3.62. The van der Waals surface area contributed by atoms with Crippen molar-refractivity contribution in [3.8, 4) is 0 Å². The zero-order chi connectivity index (χ0) is 21.1. The van der Waals surface area contributed by atoms with Gasteiger partial charge in [0, 0.05) is 37.8 Å². The molecule has 1 saturated heterocycles. The molecule has 3 aromatic rings. The Kier molecular flexibility index (Phi) is 5.61. The van der Waals surface area contributed by atoms with Crippen molar-refractivity contribution in [1.82, 2.24) is 14.9 Å². The third-order valence-electron chi connectivity index (χ3n) is 5.31. The minimum atomic E-state index is -0.524. The van der Waals surface area contributed by atoms with Gasteiger partial charge in [-0.3, -0.25) is 9.78 Å². The van der Waals surface area contributed by atoms with E-state index in [1.807, 2.05) is 43.3 Å². The first kappa shape index (κ1) is 19.8. The molecule has 0 aliphatic carbocycles. The first-order valence-electron chi connectivity index (χ1n) is 10.00. The number of piperazine rings is 1. The molecule has 7 heteroatoms. The summed E-state index contributed by atoms with van der Waals surface area (Å²) in [5.41, 5.74) is 2.90. The number of amides is 1. The van der Waals surface area contributed by atoms with Gasteiger partial charge in [-0.2, -0.15) is 0 Å². The van der Waals surface area contributed by atoms with Crippen molar-refractivity contribution in [3.05, 3.63) is 65.5 Å². The highest BCUT2D eigenvalue weighted by Gasteiger charge is 2.23. The monoisotopic (exact) mass is 404 g/mol. The van der Waals surface area contributed by atoms with E-state index in [-0.39, 0.29) is 12.5 Å². The molecule has 1 aromatic carbocycles. The maximum Gasteiger partial charge on any atom is 0.340 e. The number of esters is 1. The van der Waals surface area contributed by atoms with Crippen LogP contribution in [0.2, 0.25) is 0 Å². The molecular formula is C23H24N4O3. The number of anilines is 1. The van der Waals surface area contributed by atoms with Gasteiger partial charge >= 0.3 is 5.97 Å². The summed E-state index contributed by atoms with van der Waals surface area (Å²) in [7, 11) is 0. The number of fused-ring (bicyclic) bond motifs is 1. The molecule has 0 unspecified atom stereocenters. The molecule has 154 valence electrons. The number of hydrogen-bond acceptors (Lipinski definition) is 6. The van der Waals surface area contributed by atoms with Crippen LogP contribution in [0.4, 0.5) is 5.82 Å². The summed E-state index contributed by atoms with van der Waals surface area (Å²) in [6.07, 6.45) is 1.76. The van der Waals surface area contributed by atoms with E-state index in [4.69, 9.17) is 4.74 Å². The Morgan fingerprint density at radius 2 is 1.83 bits per heavy atom. The Morgan fingerprint density at radius 3 is 2.57 bits per heavy atom. The summed E-state index contributed by atoms with van der Waals surface area (Å²) >= 11 is 0. The fourth-order valence-electron chi connectivity index (χ4n) is 3.62. The van der Waals surface area contributed by atoms with Crippen molar-refractivity contribution >= 4 is 28.6 Å². The van der Waals surface area contributed by atoms with Gasteiger partial charge in [0.2, 0.25) is 0 Å². The first-order chi connectivity index (χ1) is 14.5. The topological polar surface area (TPSA) is 75.6 Å². The van der Waals surface area contributed by atoms with Crippen LogP contribution < -0.4 is 4.90 Å². The summed E-state index contributed by atoms with van der Waals surface area (Å²) in [5.74, 6) is 0.195. The maximum absolute atomic E-state index is 12.6. The SMILES string of the molecule is Cc1ccc2nc(C)c(C(=O)OCC(=O)N3CCN(c4ccccn4)CC3)cc2c1. The Balaban J connectivity index is 1.34. The molecule has 0 N–H and O–H groups in total. The third-order valence-corrected chi connectivity index (χ3v) is 5.31. The Hall–Kier alpha value is -3.48. The van der Waals surface area contributed by atoms with Crippen molar-refractivity contribution in [1.29, 1.82) is 0 Å². The van der Waals surface area contributed by atoms with Crippen LogP contribution in [0.1, 0.15) is 21.6 Å². The lowest BCUT2D eigenvalue weighted by Gasteiger charge is -2.35. The molecule has 4 rings (SSSR count). The molecule has 1 aliphatic heterocycles. The molecule has 1 fully saturated rings. The van der Waals surface area contributed by atoms with Crippen LogP contribution in [0.15, 0.2) is 48.7 Å². The van der Waals surface area contributed by atoms with Gasteiger partial charge in [0.15, 0.2) is 6.61 Å². The normalized spacial score (nSPS) is 14.1. The number of benzene rings is 1. The molecule has 1 amide bonds. The number of carbonyl (C=O) groups is 2. The Labute approximate surface area is 175 Å². The number of carbonyl (C=O) groups excluding carboxylic acids is 2. The van der Waals surface area contributed by atoms with E-state index < -0.39 is 5.97 Å².